The predicted octanol–water partition coefficient (Wildman–Crippen LogP) is 2.79. The normalized spacial score (nSPS) is 10.6. The summed E-state index contributed by atoms with van der Waals surface area (Å²) in [5, 5.41) is 0. The summed E-state index contributed by atoms with van der Waals surface area (Å²) < 4.78 is 1.70. The smallest absolute Gasteiger partial charge is 0.273 e. The molecule has 3 heteroatoms. The zero-order chi connectivity index (χ0) is 11.8. The van der Waals surface area contributed by atoms with Crippen molar-refractivity contribution in [1.29, 1.82) is 0 Å². The number of rotatable bonds is 7. The minimum atomic E-state index is -0.0592. The lowest BCUT2D eigenvalue weighted by atomic mass is 10.1. The zero-order valence-corrected chi connectivity index (χ0v) is 10.1. The Kier molecular flexibility index (Phi) is 5.68. The van der Waals surface area contributed by atoms with E-state index < -0.39 is 0 Å². The average molecular weight is 222 g/mol. The maximum atomic E-state index is 11.6. The molecule has 0 amide bonds. The fourth-order valence-electron chi connectivity index (χ4n) is 1.79. The molecular weight excluding hydrogens is 200 g/mol. The number of pyridine rings is 1. The van der Waals surface area contributed by atoms with Gasteiger partial charge in [0.1, 0.15) is 0 Å². The average Bonchev–Trinajstić information content (AvgIpc) is 2.29. The fraction of sp³-hybridized carbons (Fsp3) is 0.615. The first-order valence-corrected chi connectivity index (χ1v) is 6.20. The summed E-state index contributed by atoms with van der Waals surface area (Å²) in [6.07, 6.45) is 9.24. The van der Waals surface area contributed by atoms with Crippen LogP contribution in [0.1, 0.15) is 45.4 Å². The van der Waals surface area contributed by atoms with Crippen molar-refractivity contribution in [2.24, 2.45) is 0 Å². The Morgan fingerprint density at radius 1 is 1.19 bits per heavy atom. The Bertz CT molecular complexity index is 357. The van der Waals surface area contributed by atoms with Crippen molar-refractivity contribution in [1.82, 2.24) is 4.57 Å². The van der Waals surface area contributed by atoms with Gasteiger partial charge >= 0.3 is 0 Å². The highest BCUT2D eigenvalue weighted by molar-refractivity contribution is 5.33. The van der Waals surface area contributed by atoms with E-state index in [1.54, 1.807) is 10.6 Å². The Morgan fingerprint density at radius 2 is 1.88 bits per heavy atom. The lowest BCUT2D eigenvalue weighted by Crippen LogP contribution is -2.21. The molecule has 0 radical (unpaired) electrons. The van der Waals surface area contributed by atoms with E-state index in [9.17, 15) is 4.79 Å². The number of anilines is 1. The molecule has 1 rings (SSSR count). The van der Waals surface area contributed by atoms with E-state index in [4.69, 9.17) is 5.73 Å². The number of nitrogens with two attached hydrogens (primary N) is 1. The van der Waals surface area contributed by atoms with Gasteiger partial charge < -0.3 is 10.3 Å². The van der Waals surface area contributed by atoms with E-state index in [-0.39, 0.29) is 5.56 Å². The van der Waals surface area contributed by atoms with Crippen molar-refractivity contribution in [3.63, 3.8) is 0 Å². The Labute approximate surface area is 97.3 Å². The summed E-state index contributed by atoms with van der Waals surface area (Å²) in [6, 6.07) is 3.48. The van der Waals surface area contributed by atoms with Crippen LogP contribution in [-0.2, 0) is 6.54 Å². The van der Waals surface area contributed by atoms with Crippen molar-refractivity contribution < 1.29 is 0 Å². The molecule has 0 aliphatic rings. The molecule has 0 spiro atoms. The molecule has 0 aliphatic heterocycles. The van der Waals surface area contributed by atoms with Crippen LogP contribution in [-0.4, -0.2) is 4.57 Å². The molecule has 0 aliphatic carbocycles. The molecule has 1 aromatic heterocycles. The first-order valence-electron chi connectivity index (χ1n) is 6.20. The molecule has 0 saturated carbocycles. The number of hydrogen-bond acceptors (Lipinski definition) is 2. The summed E-state index contributed by atoms with van der Waals surface area (Å²) >= 11 is 0. The maximum absolute atomic E-state index is 11.6. The summed E-state index contributed by atoms with van der Waals surface area (Å²) in [6.45, 7) is 3.00. The van der Waals surface area contributed by atoms with Crippen LogP contribution < -0.4 is 11.3 Å². The number of nitrogen functional groups attached to an aromatic ring is 1. The first-order chi connectivity index (χ1) is 7.75. The quantitative estimate of drug-likeness (QED) is 0.721. The van der Waals surface area contributed by atoms with Gasteiger partial charge in [-0.25, -0.2) is 0 Å². The van der Waals surface area contributed by atoms with Gasteiger partial charge in [-0.05, 0) is 18.6 Å². The molecule has 2 N–H and O–H groups in total. The number of nitrogens with zero attached hydrogens (tertiary/aromatic N) is 1. The lowest BCUT2D eigenvalue weighted by Gasteiger charge is -2.05. The van der Waals surface area contributed by atoms with Crippen molar-refractivity contribution in [2.45, 2.75) is 52.0 Å². The van der Waals surface area contributed by atoms with E-state index in [0.717, 1.165) is 13.0 Å². The second-order valence-corrected chi connectivity index (χ2v) is 4.23. The summed E-state index contributed by atoms with van der Waals surface area (Å²) in [5.41, 5.74) is 5.84. The predicted molar refractivity (Wildman–Crippen MR) is 68.5 cm³/mol. The lowest BCUT2D eigenvalue weighted by molar-refractivity contribution is 0.550. The van der Waals surface area contributed by atoms with Crippen LogP contribution in [0.4, 0.5) is 5.69 Å². The summed E-state index contributed by atoms with van der Waals surface area (Å²) in [5.74, 6) is 0. The topological polar surface area (TPSA) is 48.0 Å². The molecule has 0 bridgehead atoms. The molecule has 0 fully saturated rings. The highest BCUT2D eigenvalue weighted by Crippen LogP contribution is 2.05. The Hall–Kier alpha value is -1.25. The van der Waals surface area contributed by atoms with Crippen LogP contribution in [0, 0.1) is 0 Å². The molecule has 16 heavy (non-hydrogen) atoms. The molecule has 90 valence electrons. The van der Waals surface area contributed by atoms with Crippen molar-refractivity contribution in [3.05, 3.63) is 28.7 Å². The van der Waals surface area contributed by atoms with Gasteiger partial charge in [0.05, 0.1) is 5.69 Å². The molecule has 0 saturated heterocycles. The van der Waals surface area contributed by atoms with Gasteiger partial charge in [0.25, 0.3) is 5.56 Å². The molecule has 1 heterocycles. The first kappa shape index (κ1) is 12.8. The third kappa shape index (κ3) is 4.09. The fourth-order valence-corrected chi connectivity index (χ4v) is 1.79. The number of aromatic nitrogens is 1. The third-order valence-electron chi connectivity index (χ3n) is 2.80. The van der Waals surface area contributed by atoms with Gasteiger partial charge in [0.2, 0.25) is 0 Å². The van der Waals surface area contributed by atoms with Gasteiger partial charge in [-0.1, -0.05) is 39.0 Å². The summed E-state index contributed by atoms with van der Waals surface area (Å²) in [7, 11) is 0. The van der Waals surface area contributed by atoms with Crippen LogP contribution in [0.5, 0.6) is 0 Å². The standard InChI is InChI=1S/C13H22N2O/c1-2-3-4-5-6-7-10-15-11-8-9-12(14)13(15)16/h8-9,11H,2-7,10,14H2,1H3. The van der Waals surface area contributed by atoms with E-state index >= 15 is 0 Å². The van der Waals surface area contributed by atoms with Crippen LogP contribution in [0.2, 0.25) is 0 Å². The van der Waals surface area contributed by atoms with Crippen LogP contribution in [0.15, 0.2) is 23.1 Å². The molecule has 0 atom stereocenters. The third-order valence-corrected chi connectivity index (χ3v) is 2.80. The molecular formula is C13H22N2O. The van der Waals surface area contributed by atoms with E-state index in [1.807, 2.05) is 12.3 Å². The van der Waals surface area contributed by atoms with Gasteiger partial charge in [0.15, 0.2) is 0 Å². The van der Waals surface area contributed by atoms with Crippen molar-refractivity contribution in [3.8, 4) is 0 Å². The molecule has 1 aromatic rings. The van der Waals surface area contributed by atoms with E-state index in [2.05, 4.69) is 6.92 Å². The SMILES string of the molecule is CCCCCCCCn1cccc(N)c1=O. The zero-order valence-electron chi connectivity index (χ0n) is 10.1. The maximum Gasteiger partial charge on any atom is 0.273 e. The molecule has 0 unspecified atom stereocenters. The Morgan fingerprint density at radius 3 is 2.62 bits per heavy atom. The van der Waals surface area contributed by atoms with Gasteiger partial charge in [-0.3, -0.25) is 4.79 Å². The summed E-state index contributed by atoms with van der Waals surface area (Å²) in [4.78, 5) is 11.6. The highest BCUT2D eigenvalue weighted by atomic mass is 16.1. The van der Waals surface area contributed by atoms with Crippen molar-refractivity contribution >= 4 is 5.69 Å². The molecule has 0 aromatic carbocycles. The monoisotopic (exact) mass is 222 g/mol. The van der Waals surface area contributed by atoms with Crippen LogP contribution in [0.25, 0.3) is 0 Å². The minimum absolute atomic E-state index is 0.0592. The molecule has 3 nitrogen and oxygen atoms in total. The van der Waals surface area contributed by atoms with Gasteiger partial charge in [-0.2, -0.15) is 0 Å². The largest absolute Gasteiger partial charge is 0.394 e. The minimum Gasteiger partial charge on any atom is -0.394 e. The number of unbranched alkanes of at least 4 members (excludes halogenated alkanes) is 5. The van der Waals surface area contributed by atoms with Crippen LogP contribution in [0.3, 0.4) is 0 Å². The van der Waals surface area contributed by atoms with E-state index in [0.29, 0.717) is 5.69 Å². The Balaban J connectivity index is 2.27. The second-order valence-electron chi connectivity index (χ2n) is 4.23. The van der Waals surface area contributed by atoms with Crippen LogP contribution >= 0.6 is 0 Å². The van der Waals surface area contributed by atoms with E-state index in [1.165, 1.54) is 32.1 Å². The second kappa shape index (κ2) is 7.09. The highest BCUT2D eigenvalue weighted by Gasteiger charge is 1.98. The van der Waals surface area contributed by atoms with Gasteiger partial charge in [-0.15, -0.1) is 0 Å². The number of hydrogen-bond donors (Lipinski definition) is 1. The number of aryl methyl sites for hydroxylation is 1. The van der Waals surface area contributed by atoms with Crippen molar-refractivity contribution in [2.75, 3.05) is 5.73 Å². The van der Waals surface area contributed by atoms with Gasteiger partial charge in [0, 0.05) is 12.7 Å².